The van der Waals surface area contributed by atoms with Gasteiger partial charge in [-0.3, -0.25) is 0 Å². The van der Waals surface area contributed by atoms with Crippen LogP contribution in [-0.4, -0.2) is 9.38 Å². The van der Waals surface area contributed by atoms with Crippen LogP contribution in [0.5, 0.6) is 0 Å². The molecule has 2 heterocycles. The van der Waals surface area contributed by atoms with Gasteiger partial charge in [0.05, 0.1) is 0 Å². The summed E-state index contributed by atoms with van der Waals surface area (Å²) in [6, 6.07) is 4.10. The molecular formula is C11H12N2. The van der Waals surface area contributed by atoms with Crippen LogP contribution in [-0.2, 0) is 0 Å². The van der Waals surface area contributed by atoms with Crippen LogP contribution in [0.2, 0.25) is 0 Å². The van der Waals surface area contributed by atoms with Crippen LogP contribution in [0.3, 0.4) is 0 Å². The lowest BCUT2D eigenvalue weighted by atomic mass is 10.2. The highest BCUT2D eigenvalue weighted by Crippen LogP contribution is 2.08. The number of nitrogens with zero attached hydrogens (tertiary/aromatic N) is 2. The molecule has 0 amide bonds. The largest absolute Gasteiger partial charge is 0.307 e. The maximum absolute atomic E-state index is 4.18. The Morgan fingerprint density at radius 2 is 2.23 bits per heavy atom. The molecule has 0 aliphatic rings. The van der Waals surface area contributed by atoms with E-state index in [1.165, 1.54) is 11.1 Å². The standard InChI is InChI=1S/C11H12N2/c1-9(2)7-10-3-4-11-12-5-6-13(11)8-10/h3-8H,1-2H3. The maximum atomic E-state index is 4.18. The Labute approximate surface area is 77.5 Å². The molecule has 2 rings (SSSR count). The van der Waals surface area contributed by atoms with E-state index >= 15 is 0 Å². The number of allylic oxidation sites excluding steroid dienone is 1. The van der Waals surface area contributed by atoms with Gasteiger partial charge >= 0.3 is 0 Å². The smallest absolute Gasteiger partial charge is 0.136 e. The molecule has 0 radical (unpaired) electrons. The number of fused-ring (bicyclic) bond motifs is 1. The zero-order chi connectivity index (χ0) is 9.26. The van der Waals surface area contributed by atoms with Gasteiger partial charge in [-0.15, -0.1) is 0 Å². The molecule has 66 valence electrons. The van der Waals surface area contributed by atoms with E-state index in [0.717, 1.165) is 5.65 Å². The Bertz CT molecular complexity index is 448. The first-order valence-electron chi connectivity index (χ1n) is 4.33. The molecule has 13 heavy (non-hydrogen) atoms. The monoisotopic (exact) mass is 172 g/mol. The third-order valence-corrected chi connectivity index (χ3v) is 1.87. The second kappa shape index (κ2) is 3.05. The molecule has 0 unspecified atom stereocenters. The first-order chi connectivity index (χ1) is 6.25. The highest BCUT2D eigenvalue weighted by atomic mass is 15.0. The van der Waals surface area contributed by atoms with Crippen molar-refractivity contribution < 1.29 is 0 Å². The fourth-order valence-corrected chi connectivity index (χ4v) is 1.36. The molecular weight excluding hydrogens is 160 g/mol. The van der Waals surface area contributed by atoms with Gasteiger partial charge in [0.2, 0.25) is 0 Å². The van der Waals surface area contributed by atoms with Gasteiger partial charge < -0.3 is 4.40 Å². The molecule has 2 aromatic rings. The molecule has 0 saturated carbocycles. The summed E-state index contributed by atoms with van der Waals surface area (Å²) < 4.78 is 2.02. The number of pyridine rings is 1. The first-order valence-corrected chi connectivity index (χ1v) is 4.33. The van der Waals surface area contributed by atoms with Crippen molar-refractivity contribution in [2.45, 2.75) is 13.8 Å². The van der Waals surface area contributed by atoms with E-state index in [9.17, 15) is 0 Å². The van der Waals surface area contributed by atoms with Crippen LogP contribution < -0.4 is 0 Å². The molecule has 0 atom stereocenters. The molecule has 2 nitrogen and oxygen atoms in total. The number of aromatic nitrogens is 2. The molecule has 0 N–H and O–H groups in total. The summed E-state index contributed by atoms with van der Waals surface area (Å²) in [6.45, 7) is 4.19. The summed E-state index contributed by atoms with van der Waals surface area (Å²) in [5, 5.41) is 0. The highest BCUT2D eigenvalue weighted by Gasteiger charge is 1.93. The minimum atomic E-state index is 0.992. The van der Waals surface area contributed by atoms with Crippen molar-refractivity contribution in [1.82, 2.24) is 9.38 Å². The third-order valence-electron chi connectivity index (χ3n) is 1.87. The lowest BCUT2D eigenvalue weighted by molar-refractivity contribution is 1.18. The zero-order valence-corrected chi connectivity index (χ0v) is 7.86. The van der Waals surface area contributed by atoms with Crippen LogP contribution in [0.15, 0.2) is 36.3 Å². The second-order valence-electron chi connectivity index (χ2n) is 3.38. The Morgan fingerprint density at radius 1 is 1.38 bits per heavy atom. The predicted octanol–water partition coefficient (Wildman–Crippen LogP) is 2.76. The fraction of sp³-hybridized carbons (Fsp3) is 0.182. The van der Waals surface area contributed by atoms with Crippen LogP contribution in [0.4, 0.5) is 0 Å². The van der Waals surface area contributed by atoms with Crippen LogP contribution in [0.1, 0.15) is 19.4 Å². The third kappa shape index (κ3) is 1.61. The van der Waals surface area contributed by atoms with Gasteiger partial charge in [-0.25, -0.2) is 4.98 Å². The highest BCUT2D eigenvalue weighted by molar-refractivity contribution is 5.54. The summed E-state index contributed by atoms with van der Waals surface area (Å²) in [5.41, 5.74) is 3.51. The Balaban J connectivity index is 2.54. The molecule has 0 saturated heterocycles. The number of rotatable bonds is 1. The summed E-state index contributed by atoms with van der Waals surface area (Å²) in [5.74, 6) is 0. The molecule has 0 aliphatic heterocycles. The van der Waals surface area contributed by atoms with E-state index in [4.69, 9.17) is 0 Å². The first kappa shape index (κ1) is 8.05. The lowest BCUT2D eigenvalue weighted by Gasteiger charge is -1.97. The zero-order valence-electron chi connectivity index (χ0n) is 7.86. The maximum Gasteiger partial charge on any atom is 0.136 e. The van der Waals surface area contributed by atoms with Crippen molar-refractivity contribution in [3.8, 4) is 0 Å². The molecule has 0 fully saturated rings. The van der Waals surface area contributed by atoms with Gasteiger partial charge in [-0.05, 0) is 31.5 Å². The fourth-order valence-electron chi connectivity index (χ4n) is 1.36. The minimum Gasteiger partial charge on any atom is -0.307 e. The van der Waals surface area contributed by atoms with E-state index in [2.05, 4.69) is 37.2 Å². The summed E-state index contributed by atoms with van der Waals surface area (Å²) in [4.78, 5) is 4.18. The van der Waals surface area contributed by atoms with Gasteiger partial charge in [0.25, 0.3) is 0 Å². The summed E-state index contributed by atoms with van der Waals surface area (Å²) in [7, 11) is 0. The molecule has 0 aromatic carbocycles. The Hall–Kier alpha value is -1.57. The van der Waals surface area contributed by atoms with E-state index in [1.54, 1.807) is 0 Å². The van der Waals surface area contributed by atoms with Crippen molar-refractivity contribution in [3.05, 3.63) is 41.9 Å². The normalized spacial score (nSPS) is 10.3. The van der Waals surface area contributed by atoms with Crippen molar-refractivity contribution in [2.24, 2.45) is 0 Å². The van der Waals surface area contributed by atoms with Crippen molar-refractivity contribution in [1.29, 1.82) is 0 Å². The molecule has 2 heteroatoms. The van der Waals surface area contributed by atoms with Crippen LogP contribution in [0.25, 0.3) is 11.7 Å². The van der Waals surface area contributed by atoms with E-state index < -0.39 is 0 Å². The van der Waals surface area contributed by atoms with Crippen molar-refractivity contribution >= 4 is 11.7 Å². The number of hydrogen-bond donors (Lipinski definition) is 0. The average Bonchev–Trinajstić information content (AvgIpc) is 2.49. The Morgan fingerprint density at radius 3 is 3.00 bits per heavy atom. The van der Waals surface area contributed by atoms with Gasteiger partial charge in [-0.2, -0.15) is 0 Å². The predicted molar refractivity (Wildman–Crippen MR) is 54.5 cm³/mol. The van der Waals surface area contributed by atoms with Crippen molar-refractivity contribution in [3.63, 3.8) is 0 Å². The van der Waals surface area contributed by atoms with Gasteiger partial charge in [0.15, 0.2) is 0 Å². The van der Waals surface area contributed by atoms with E-state index in [1.807, 2.05) is 22.9 Å². The average molecular weight is 172 g/mol. The second-order valence-corrected chi connectivity index (χ2v) is 3.38. The molecule has 0 spiro atoms. The topological polar surface area (TPSA) is 17.3 Å². The quantitative estimate of drug-likeness (QED) is 0.646. The molecule has 0 bridgehead atoms. The summed E-state index contributed by atoms with van der Waals surface area (Å²) in [6.07, 6.45) is 7.99. The summed E-state index contributed by atoms with van der Waals surface area (Å²) >= 11 is 0. The van der Waals surface area contributed by atoms with Crippen LogP contribution >= 0.6 is 0 Å². The van der Waals surface area contributed by atoms with Crippen molar-refractivity contribution in [2.75, 3.05) is 0 Å². The molecule has 0 aliphatic carbocycles. The number of hydrogen-bond acceptors (Lipinski definition) is 1. The lowest BCUT2D eigenvalue weighted by Crippen LogP contribution is -1.84. The molecule has 2 aromatic heterocycles. The van der Waals surface area contributed by atoms with E-state index in [0.29, 0.717) is 0 Å². The van der Waals surface area contributed by atoms with Gasteiger partial charge in [0.1, 0.15) is 5.65 Å². The Kier molecular flexibility index (Phi) is 1.89. The van der Waals surface area contributed by atoms with E-state index in [-0.39, 0.29) is 0 Å². The number of imidazole rings is 1. The van der Waals surface area contributed by atoms with Crippen LogP contribution in [0, 0.1) is 0 Å². The minimum absolute atomic E-state index is 0.992. The van der Waals surface area contributed by atoms with Gasteiger partial charge in [0, 0.05) is 18.6 Å². The SMILES string of the molecule is CC(C)=Cc1ccc2nccn2c1. The van der Waals surface area contributed by atoms with Gasteiger partial charge in [-0.1, -0.05) is 11.6 Å².